The van der Waals surface area contributed by atoms with Gasteiger partial charge in [-0.05, 0) is 31.4 Å². The van der Waals surface area contributed by atoms with Crippen LogP contribution in [0.25, 0.3) is 10.9 Å². The molecule has 1 aliphatic heterocycles. The molecule has 8 nitrogen and oxygen atoms in total. The minimum Gasteiger partial charge on any atom is -0.361 e. The Hall–Kier alpha value is -3.16. The van der Waals surface area contributed by atoms with Gasteiger partial charge in [0, 0.05) is 43.7 Å². The topological polar surface area (TPSA) is 107 Å². The van der Waals surface area contributed by atoms with Crippen LogP contribution < -0.4 is 5.32 Å². The molecule has 0 saturated carbocycles. The van der Waals surface area contributed by atoms with Gasteiger partial charge in [-0.2, -0.15) is 5.10 Å². The number of carbonyl (C=O) groups is 2. The van der Waals surface area contributed by atoms with E-state index in [1.165, 1.54) is 10.9 Å². The summed E-state index contributed by atoms with van der Waals surface area (Å²) in [7, 11) is 1.62. The second-order valence-electron chi connectivity index (χ2n) is 7.62. The Kier molecular flexibility index (Phi) is 5.33. The summed E-state index contributed by atoms with van der Waals surface area (Å²) in [5, 5.41) is 11.0. The summed E-state index contributed by atoms with van der Waals surface area (Å²) in [6.07, 6.45) is 4.09. The lowest BCUT2D eigenvalue weighted by molar-refractivity contribution is -0.130. The van der Waals surface area contributed by atoms with Crippen molar-refractivity contribution in [2.75, 3.05) is 20.1 Å². The van der Waals surface area contributed by atoms with Crippen molar-refractivity contribution in [2.45, 2.75) is 32.1 Å². The van der Waals surface area contributed by atoms with Gasteiger partial charge in [-0.15, -0.1) is 0 Å². The van der Waals surface area contributed by atoms with Crippen molar-refractivity contribution in [3.63, 3.8) is 0 Å². The predicted molar refractivity (Wildman–Crippen MR) is 109 cm³/mol. The van der Waals surface area contributed by atoms with E-state index in [4.69, 9.17) is 0 Å². The van der Waals surface area contributed by atoms with Crippen LogP contribution in [-0.2, 0) is 16.0 Å². The van der Waals surface area contributed by atoms with E-state index >= 15 is 0 Å². The van der Waals surface area contributed by atoms with Crippen LogP contribution in [0, 0.1) is 12.8 Å². The molecule has 1 fully saturated rings. The lowest BCUT2D eigenvalue weighted by Crippen LogP contribution is -2.33. The molecule has 0 aliphatic carbocycles. The van der Waals surface area contributed by atoms with Gasteiger partial charge in [0.05, 0.1) is 11.8 Å². The van der Waals surface area contributed by atoms with Gasteiger partial charge in [-0.3, -0.25) is 14.7 Å². The first kappa shape index (κ1) is 19.2. The van der Waals surface area contributed by atoms with Gasteiger partial charge in [0.25, 0.3) is 0 Å². The maximum absolute atomic E-state index is 12.8. The fourth-order valence-electron chi connectivity index (χ4n) is 4.17. The molecule has 0 radical (unpaired) electrons. The second-order valence-corrected chi connectivity index (χ2v) is 7.62. The van der Waals surface area contributed by atoms with Crippen LogP contribution in [-0.4, -0.2) is 57.0 Å². The van der Waals surface area contributed by atoms with Gasteiger partial charge < -0.3 is 15.2 Å². The summed E-state index contributed by atoms with van der Waals surface area (Å²) >= 11 is 0. The Labute approximate surface area is 169 Å². The highest BCUT2D eigenvalue weighted by Crippen LogP contribution is 2.31. The fraction of sp³-hybridized carbons (Fsp3) is 0.429. The average molecular weight is 394 g/mol. The number of likely N-dealkylation sites (tertiary alicyclic amines) is 1. The first-order valence-electron chi connectivity index (χ1n) is 10.00. The van der Waals surface area contributed by atoms with Gasteiger partial charge in [0.1, 0.15) is 5.82 Å². The number of para-hydroxylation sites is 1. The summed E-state index contributed by atoms with van der Waals surface area (Å²) < 4.78 is 0. The molecule has 1 aliphatic rings. The van der Waals surface area contributed by atoms with Crippen LogP contribution in [0.5, 0.6) is 0 Å². The Bertz CT molecular complexity index is 1020. The van der Waals surface area contributed by atoms with E-state index in [-0.39, 0.29) is 23.7 Å². The number of fused-ring (bicyclic) bond motifs is 1. The predicted octanol–water partition coefficient (Wildman–Crippen LogP) is 1.91. The second kappa shape index (κ2) is 8.06. The van der Waals surface area contributed by atoms with Crippen molar-refractivity contribution in [1.82, 2.24) is 30.4 Å². The molecule has 3 heterocycles. The monoisotopic (exact) mass is 394 g/mol. The zero-order valence-electron chi connectivity index (χ0n) is 16.7. The van der Waals surface area contributed by atoms with E-state index in [0.717, 1.165) is 18.4 Å². The Balaban J connectivity index is 1.38. The Morgan fingerprint density at radius 3 is 2.86 bits per heavy atom. The standard InChI is InChI=1S/C21H26N6O2/c1-13-24-20(26-25-13)16-11-27(12-17(16)21(29)22-2)19(28)9-5-6-14-10-23-18-8-4-3-7-15(14)18/h3-4,7-8,10,16-17,23H,5-6,9,11-12H2,1-2H3,(H,22,29)(H,24,25,26). The van der Waals surface area contributed by atoms with Gasteiger partial charge in [-0.25, -0.2) is 4.98 Å². The molecular formula is C21H26N6O2. The van der Waals surface area contributed by atoms with E-state index in [1.807, 2.05) is 25.3 Å². The first-order chi connectivity index (χ1) is 14.1. The number of rotatable bonds is 6. The number of carbonyl (C=O) groups excluding carboxylic acids is 2. The SMILES string of the molecule is CNC(=O)C1CN(C(=O)CCCc2c[nH]c3ccccc23)CC1c1n[nH]c(C)n1. The van der Waals surface area contributed by atoms with Crippen LogP contribution in [0.15, 0.2) is 30.5 Å². The van der Waals surface area contributed by atoms with Crippen molar-refractivity contribution in [3.8, 4) is 0 Å². The Morgan fingerprint density at radius 1 is 1.28 bits per heavy atom. The lowest BCUT2D eigenvalue weighted by Gasteiger charge is -2.16. The summed E-state index contributed by atoms with van der Waals surface area (Å²) in [6, 6.07) is 8.19. The quantitative estimate of drug-likeness (QED) is 0.594. The van der Waals surface area contributed by atoms with Gasteiger partial charge in [0.2, 0.25) is 11.8 Å². The third kappa shape index (κ3) is 3.87. The minimum absolute atomic E-state index is 0.0773. The zero-order valence-corrected chi connectivity index (χ0v) is 16.7. The lowest BCUT2D eigenvalue weighted by atomic mass is 9.94. The van der Waals surface area contributed by atoms with Crippen LogP contribution in [0.3, 0.4) is 0 Å². The highest BCUT2D eigenvalue weighted by atomic mass is 16.2. The van der Waals surface area contributed by atoms with Crippen LogP contribution >= 0.6 is 0 Å². The van der Waals surface area contributed by atoms with Crippen LogP contribution in [0.4, 0.5) is 0 Å². The first-order valence-corrected chi connectivity index (χ1v) is 10.00. The molecule has 0 bridgehead atoms. The number of hydrogen-bond acceptors (Lipinski definition) is 4. The van der Waals surface area contributed by atoms with E-state index < -0.39 is 0 Å². The average Bonchev–Trinajstić information content (AvgIpc) is 3.45. The third-order valence-corrected chi connectivity index (χ3v) is 5.71. The molecular weight excluding hydrogens is 368 g/mol. The molecule has 29 heavy (non-hydrogen) atoms. The van der Waals surface area contributed by atoms with Crippen molar-refractivity contribution in [1.29, 1.82) is 0 Å². The molecule has 2 amide bonds. The van der Waals surface area contributed by atoms with Crippen LogP contribution in [0.1, 0.15) is 36.0 Å². The van der Waals surface area contributed by atoms with Crippen molar-refractivity contribution in [2.24, 2.45) is 5.92 Å². The fourth-order valence-corrected chi connectivity index (χ4v) is 4.17. The smallest absolute Gasteiger partial charge is 0.225 e. The molecule has 2 atom stereocenters. The normalized spacial score (nSPS) is 19.0. The summed E-state index contributed by atoms with van der Waals surface area (Å²) in [6.45, 7) is 2.71. The number of nitrogens with zero attached hydrogens (tertiary/aromatic N) is 3. The zero-order chi connectivity index (χ0) is 20.4. The number of aromatic amines is 2. The minimum atomic E-state index is -0.326. The molecule has 2 aromatic heterocycles. The maximum Gasteiger partial charge on any atom is 0.225 e. The number of amides is 2. The number of H-pyrrole nitrogens is 2. The molecule has 8 heteroatoms. The van der Waals surface area contributed by atoms with E-state index in [0.29, 0.717) is 31.2 Å². The molecule has 152 valence electrons. The Morgan fingerprint density at radius 2 is 2.10 bits per heavy atom. The molecule has 2 unspecified atom stereocenters. The maximum atomic E-state index is 12.8. The van der Waals surface area contributed by atoms with E-state index in [9.17, 15) is 9.59 Å². The highest BCUT2D eigenvalue weighted by Gasteiger charge is 2.41. The van der Waals surface area contributed by atoms with Crippen molar-refractivity contribution < 1.29 is 9.59 Å². The van der Waals surface area contributed by atoms with Gasteiger partial charge in [-0.1, -0.05) is 18.2 Å². The van der Waals surface area contributed by atoms with Crippen molar-refractivity contribution in [3.05, 3.63) is 47.7 Å². The van der Waals surface area contributed by atoms with Crippen LogP contribution in [0.2, 0.25) is 0 Å². The number of hydrogen-bond donors (Lipinski definition) is 3. The molecule has 3 N–H and O–H groups in total. The molecule has 1 saturated heterocycles. The number of aromatic nitrogens is 4. The molecule has 4 rings (SSSR count). The summed E-state index contributed by atoms with van der Waals surface area (Å²) in [4.78, 5) is 34.6. The summed E-state index contributed by atoms with van der Waals surface area (Å²) in [5.41, 5.74) is 2.35. The third-order valence-electron chi connectivity index (χ3n) is 5.71. The molecule has 0 spiro atoms. The molecule has 3 aromatic rings. The number of nitrogens with one attached hydrogen (secondary N) is 3. The summed E-state index contributed by atoms with van der Waals surface area (Å²) in [5.74, 6) is 0.801. The van der Waals surface area contributed by atoms with Gasteiger partial charge >= 0.3 is 0 Å². The van der Waals surface area contributed by atoms with E-state index in [1.54, 1.807) is 11.9 Å². The number of aryl methyl sites for hydroxylation is 2. The molecule has 1 aromatic carbocycles. The number of benzene rings is 1. The van der Waals surface area contributed by atoms with Crippen molar-refractivity contribution >= 4 is 22.7 Å². The van der Waals surface area contributed by atoms with E-state index in [2.05, 4.69) is 37.6 Å². The largest absolute Gasteiger partial charge is 0.361 e. The van der Waals surface area contributed by atoms with Gasteiger partial charge in [0.15, 0.2) is 5.82 Å². The highest BCUT2D eigenvalue weighted by molar-refractivity contribution is 5.84.